The lowest BCUT2D eigenvalue weighted by molar-refractivity contribution is 0.0943. The van der Waals surface area contributed by atoms with Crippen LogP contribution in [-0.2, 0) is 6.42 Å². The third-order valence-corrected chi connectivity index (χ3v) is 6.46. The quantitative estimate of drug-likeness (QED) is 0.495. The molecule has 2 heterocycles. The van der Waals surface area contributed by atoms with Gasteiger partial charge < -0.3 is 10.3 Å². The highest BCUT2D eigenvalue weighted by Gasteiger charge is 2.21. The topological polar surface area (TPSA) is 74.8 Å². The maximum Gasteiger partial charge on any atom is 0.262 e. The molecule has 0 aliphatic carbocycles. The molecule has 6 heteroatoms. The van der Waals surface area contributed by atoms with Crippen molar-refractivity contribution in [3.63, 3.8) is 0 Å². The van der Waals surface area contributed by atoms with Crippen molar-refractivity contribution in [3.8, 4) is 0 Å². The molecule has 1 amide bonds. The number of nitrogens with one attached hydrogen (secondary N) is 2. The van der Waals surface area contributed by atoms with Crippen LogP contribution in [0.3, 0.4) is 0 Å². The molecule has 0 saturated heterocycles. The smallest absolute Gasteiger partial charge is 0.262 e. The molecule has 0 aliphatic heterocycles. The van der Waals surface area contributed by atoms with Crippen molar-refractivity contribution >= 4 is 27.5 Å². The molecule has 4 rings (SSSR count). The van der Waals surface area contributed by atoms with E-state index in [0.717, 1.165) is 16.7 Å². The van der Waals surface area contributed by atoms with Gasteiger partial charge in [-0.2, -0.15) is 0 Å². The van der Waals surface area contributed by atoms with Crippen LogP contribution in [-0.4, -0.2) is 15.9 Å². The van der Waals surface area contributed by atoms with E-state index in [-0.39, 0.29) is 17.5 Å². The zero-order chi connectivity index (χ0) is 21.3. The van der Waals surface area contributed by atoms with Crippen molar-refractivity contribution in [3.05, 3.63) is 97.9 Å². The van der Waals surface area contributed by atoms with Crippen LogP contribution in [0.2, 0.25) is 0 Å². The second-order valence-electron chi connectivity index (χ2n) is 7.46. The van der Waals surface area contributed by atoms with Crippen molar-refractivity contribution in [1.29, 1.82) is 0 Å². The molecular formula is C24H23N3O2S. The second-order valence-corrected chi connectivity index (χ2v) is 8.46. The number of H-pyrrole nitrogens is 1. The molecule has 0 fully saturated rings. The van der Waals surface area contributed by atoms with Gasteiger partial charge in [0.15, 0.2) is 0 Å². The first-order chi connectivity index (χ1) is 14.4. The van der Waals surface area contributed by atoms with E-state index in [1.165, 1.54) is 11.3 Å². The molecular weight excluding hydrogens is 394 g/mol. The monoisotopic (exact) mass is 417 g/mol. The number of aromatic amines is 1. The zero-order valence-electron chi connectivity index (χ0n) is 17.2. The summed E-state index contributed by atoms with van der Waals surface area (Å²) in [6.07, 6.45) is 0.537. The van der Waals surface area contributed by atoms with Crippen LogP contribution in [0, 0.1) is 13.8 Å². The maximum absolute atomic E-state index is 13.0. The number of aromatic nitrogens is 2. The molecule has 0 radical (unpaired) electrons. The van der Waals surface area contributed by atoms with Crippen LogP contribution >= 0.6 is 11.3 Å². The number of thiophene rings is 1. The molecule has 152 valence electrons. The Balaban J connectivity index is 1.64. The first kappa shape index (κ1) is 20.0. The molecule has 1 unspecified atom stereocenters. The largest absolute Gasteiger partial charge is 0.345 e. The Bertz CT molecular complexity index is 1270. The van der Waals surface area contributed by atoms with Crippen molar-refractivity contribution in [2.75, 3.05) is 0 Å². The van der Waals surface area contributed by atoms with Gasteiger partial charge in [0.1, 0.15) is 10.7 Å². The van der Waals surface area contributed by atoms with E-state index in [9.17, 15) is 9.59 Å². The minimum Gasteiger partial charge on any atom is -0.345 e. The number of hydrogen-bond donors (Lipinski definition) is 2. The normalized spacial score (nSPS) is 12.1. The summed E-state index contributed by atoms with van der Waals surface area (Å²) in [7, 11) is 0. The molecule has 2 N–H and O–H groups in total. The van der Waals surface area contributed by atoms with Gasteiger partial charge in [-0.1, -0.05) is 54.6 Å². The predicted molar refractivity (Wildman–Crippen MR) is 121 cm³/mol. The lowest BCUT2D eigenvalue weighted by Gasteiger charge is -2.16. The van der Waals surface area contributed by atoms with Crippen LogP contribution in [0.15, 0.2) is 59.4 Å². The van der Waals surface area contributed by atoms with Gasteiger partial charge in [-0.05, 0) is 43.0 Å². The maximum atomic E-state index is 13.0. The zero-order valence-corrected chi connectivity index (χ0v) is 18.0. The number of nitrogens with zero attached hydrogens (tertiary/aromatic N) is 1. The Hall–Kier alpha value is -3.25. The summed E-state index contributed by atoms with van der Waals surface area (Å²) < 4.78 is 0. The van der Waals surface area contributed by atoms with Crippen molar-refractivity contribution in [1.82, 2.24) is 15.3 Å². The number of amides is 1. The van der Waals surface area contributed by atoms with E-state index in [1.807, 2.05) is 68.4 Å². The van der Waals surface area contributed by atoms with Crippen molar-refractivity contribution < 1.29 is 4.79 Å². The van der Waals surface area contributed by atoms with Crippen LogP contribution in [0.4, 0.5) is 0 Å². The summed E-state index contributed by atoms with van der Waals surface area (Å²) in [5.41, 5.74) is 3.74. The average molecular weight is 418 g/mol. The Morgan fingerprint density at radius 3 is 2.53 bits per heavy atom. The lowest BCUT2D eigenvalue weighted by Crippen LogP contribution is -2.27. The number of hydrogen-bond acceptors (Lipinski definition) is 4. The van der Waals surface area contributed by atoms with Crippen LogP contribution in [0.5, 0.6) is 0 Å². The highest BCUT2D eigenvalue weighted by Crippen LogP contribution is 2.28. The van der Waals surface area contributed by atoms with E-state index in [1.54, 1.807) is 6.92 Å². The number of carbonyl (C=O) groups is 1. The van der Waals surface area contributed by atoms with E-state index in [2.05, 4.69) is 15.3 Å². The van der Waals surface area contributed by atoms with E-state index >= 15 is 0 Å². The summed E-state index contributed by atoms with van der Waals surface area (Å²) in [4.78, 5) is 34.3. The number of aryl methyl sites for hydroxylation is 2. The van der Waals surface area contributed by atoms with Gasteiger partial charge in [0.25, 0.3) is 11.5 Å². The van der Waals surface area contributed by atoms with Crippen molar-refractivity contribution in [2.45, 2.75) is 33.2 Å². The third kappa shape index (κ3) is 3.91. The Morgan fingerprint density at radius 1 is 1.10 bits per heavy atom. The minimum absolute atomic E-state index is 0.136. The van der Waals surface area contributed by atoms with E-state index in [0.29, 0.717) is 32.9 Å². The van der Waals surface area contributed by atoms with E-state index in [4.69, 9.17) is 0 Å². The van der Waals surface area contributed by atoms with Gasteiger partial charge in [-0.15, -0.1) is 11.3 Å². The molecule has 0 spiro atoms. The fraction of sp³-hybridized carbons (Fsp3) is 0.208. The number of fused-ring (bicyclic) bond motifs is 1. The molecule has 0 bridgehead atoms. The Kier molecular flexibility index (Phi) is 5.50. The first-order valence-electron chi connectivity index (χ1n) is 9.86. The molecule has 1 atom stereocenters. The molecule has 4 aromatic rings. The molecule has 30 heavy (non-hydrogen) atoms. The van der Waals surface area contributed by atoms with Gasteiger partial charge >= 0.3 is 0 Å². The molecule has 0 saturated carbocycles. The Labute approximate surface area is 178 Å². The number of rotatable bonds is 5. The summed E-state index contributed by atoms with van der Waals surface area (Å²) in [5, 5.41) is 3.55. The van der Waals surface area contributed by atoms with Crippen LogP contribution in [0.25, 0.3) is 10.2 Å². The summed E-state index contributed by atoms with van der Waals surface area (Å²) in [5.74, 6) is 0.412. The molecule has 0 aliphatic rings. The highest BCUT2D eigenvalue weighted by molar-refractivity contribution is 7.20. The fourth-order valence-electron chi connectivity index (χ4n) is 3.69. The van der Waals surface area contributed by atoms with Gasteiger partial charge in [0, 0.05) is 6.42 Å². The molecule has 5 nitrogen and oxygen atoms in total. The van der Waals surface area contributed by atoms with Crippen molar-refractivity contribution in [2.24, 2.45) is 0 Å². The molecule has 2 aromatic heterocycles. The standard InChI is InChI=1S/C24H23N3O2S/c1-14-9-7-8-12-18(14)16(3)25-23(29)21-15(2)20-22(28)26-19(27-24(20)30-21)13-17-10-5-4-6-11-17/h4-12,16H,13H2,1-3H3,(H,25,29)(H,26,27,28). The minimum atomic E-state index is -0.203. The van der Waals surface area contributed by atoms with E-state index < -0.39 is 0 Å². The lowest BCUT2D eigenvalue weighted by atomic mass is 10.0. The predicted octanol–water partition coefficient (Wildman–Crippen LogP) is 4.68. The number of benzene rings is 2. The number of carbonyl (C=O) groups excluding carboxylic acids is 1. The summed E-state index contributed by atoms with van der Waals surface area (Å²) >= 11 is 1.27. The fourth-order valence-corrected chi connectivity index (χ4v) is 4.79. The van der Waals surface area contributed by atoms with Gasteiger partial charge in [0.2, 0.25) is 0 Å². The van der Waals surface area contributed by atoms with Crippen LogP contribution in [0.1, 0.15) is 50.7 Å². The Morgan fingerprint density at radius 2 is 1.80 bits per heavy atom. The third-order valence-electron chi connectivity index (χ3n) is 5.27. The first-order valence-corrected chi connectivity index (χ1v) is 10.7. The second kappa shape index (κ2) is 8.24. The summed E-state index contributed by atoms with van der Waals surface area (Å²) in [6.45, 7) is 5.80. The van der Waals surface area contributed by atoms with Gasteiger partial charge in [-0.25, -0.2) is 4.98 Å². The SMILES string of the molecule is Cc1ccccc1C(C)NC(=O)c1sc2nc(Cc3ccccc3)[nH]c(=O)c2c1C. The highest BCUT2D eigenvalue weighted by atomic mass is 32.1. The summed E-state index contributed by atoms with van der Waals surface area (Å²) in [6, 6.07) is 17.7. The molecule has 2 aromatic carbocycles. The van der Waals surface area contributed by atoms with Gasteiger partial charge in [-0.3, -0.25) is 9.59 Å². The average Bonchev–Trinajstić information content (AvgIpc) is 3.06. The van der Waals surface area contributed by atoms with Gasteiger partial charge in [0.05, 0.1) is 16.3 Å². The van der Waals surface area contributed by atoms with Crippen LogP contribution < -0.4 is 10.9 Å².